The van der Waals surface area contributed by atoms with Crippen LogP contribution in [0.3, 0.4) is 0 Å². The van der Waals surface area contributed by atoms with Gasteiger partial charge in [0.15, 0.2) is 0 Å². The van der Waals surface area contributed by atoms with Crippen molar-refractivity contribution in [1.82, 2.24) is 0 Å². The number of carboxylic acids is 1. The molecular formula is C15H20FNO4. The first-order valence-electron chi connectivity index (χ1n) is 7.03. The summed E-state index contributed by atoms with van der Waals surface area (Å²) in [5.41, 5.74) is -1.60. The van der Waals surface area contributed by atoms with Crippen LogP contribution in [0.5, 0.6) is 0 Å². The summed E-state index contributed by atoms with van der Waals surface area (Å²) >= 11 is 0. The third kappa shape index (κ3) is 3.77. The third-order valence-corrected chi connectivity index (χ3v) is 3.92. The molecule has 6 heteroatoms. The maximum Gasteiger partial charge on any atom is 0.309 e. The van der Waals surface area contributed by atoms with E-state index < -0.39 is 27.8 Å². The number of nitro groups is 1. The van der Waals surface area contributed by atoms with E-state index in [0.29, 0.717) is 12.8 Å². The number of aliphatic carboxylic acids is 1. The zero-order valence-corrected chi connectivity index (χ0v) is 12.3. The fourth-order valence-corrected chi connectivity index (χ4v) is 2.45. The van der Waals surface area contributed by atoms with Crippen molar-refractivity contribution in [2.24, 2.45) is 5.41 Å². The number of benzene rings is 1. The number of carbonyl (C=O) groups is 1. The van der Waals surface area contributed by atoms with Crippen molar-refractivity contribution in [3.8, 4) is 0 Å². The van der Waals surface area contributed by atoms with E-state index in [0.717, 1.165) is 18.9 Å². The number of unbranched alkanes of at least 4 members (excludes halogenated alkanes) is 1. The average Bonchev–Trinajstić information content (AvgIpc) is 2.44. The molecule has 0 radical (unpaired) electrons. The van der Waals surface area contributed by atoms with Crippen molar-refractivity contribution >= 4 is 11.7 Å². The van der Waals surface area contributed by atoms with Crippen LogP contribution in [0.15, 0.2) is 18.2 Å². The van der Waals surface area contributed by atoms with Crippen molar-refractivity contribution in [2.45, 2.75) is 46.0 Å². The van der Waals surface area contributed by atoms with E-state index in [2.05, 4.69) is 0 Å². The Bertz CT molecular complexity index is 532. The van der Waals surface area contributed by atoms with Crippen molar-refractivity contribution in [1.29, 1.82) is 0 Å². The van der Waals surface area contributed by atoms with Crippen LogP contribution in [0, 0.1) is 21.3 Å². The smallest absolute Gasteiger partial charge is 0.309 e. The Morgan fingerprint density at radius 2 is 2.10 bits per heavy atom. The molecule has 1 aromatic rings. The maximum absolute atomic E-state index is 14.1. The van der Waals surface area contributed by atoms with Crippen molar-refractivity contribution in [3.05, 3.63) is 39.7 Å². The molecule has 0 spiro atoms. The summed E-state index contributed by atoms with van der Waals surface area (Å²) in [6.07, 6.45) is 2.30. The van der Waals surface area contributed by atoms with Gasteiger partial charge in [-0.1, -0.05) is 38.8 Å². The van der Waals surface area contributed by atoms with Gasteiger partial charge in [0, 0.05) is 6.07 Å². The fraction of sp³-hybridized carbons (Fsp3) is 0.533. The second kappa shape index (κ2) is 7.15. The molecule has 1 rings (SSSR count). The second-order valence-corrected chi connectivity index (χ2v) is 5.23. The SMILES string of the molecule is CCCCC(CC)(Cc1cccc([N+](=O)[O-])c1F)C(=O)O. The summed E-state index contributed by atoms with van der Waals surface area (Å²) < 4.78 is 14.1. The molecule has 5 nitrogen and oxygen atoms in total. The van der Waals surface area contributed by atoms with Gasteiger partial charge in [0.1, 0.15) is 0 Å². The number of hydrogen-bond donors (Lipinski definition) is 1. The lowest BCUT2D eigenvalue weighted by Gasteiger charge is -2.28. The Kier molecular flexibility index (Phi) is 5.81. The van der Waals surface area contributed by atoms with Crippen LogP contribution in [0.25, 0.3) is 0 Å². The van der Waals surface area contributed by atoms with Crippen molar-refractivity contribution < 1.29 is 19.2 Å². The summed E-state index contributed by atoms with van der Waals surface area (Å²) in [4.78, 5) is 21.6. The summed E-state index contributed by atoms with van der Waals surface area (Å²) in [5.74, 6) is -1.91. The third-order valence-electron chi connectivity index (χ3n) is 3.92. The Morgan fingerprint density at radius 1 is 1.43 bits per heavy atom. The first-order valence-corrected chi connectivity index (χ1v) is 7.03. The molecule has 0 amide bonds. The highest BCUT2D eigenvalue weighted by Gasteiger charge is 2.37. The molecule has 0 heterocycles. The Labute approximate surface area is 122 Å². The van der Waals surface area contributed by atoms with Crippen LogP contribution in [0.1, 0.15) is 45.1 Å². The van der Waals surface area contributed by atoms with E-state index in [4.69, 9.17) is 0 Å². The number of hydrogen-bond acceptors (Lipinski definition) is 3. The van der Waals surface area contributed by atoms with Gasteiger partial charge < -0.3 is 5.11 Å². The number of carboxylic acid groups (broad SMARTS) is 1. The summed E-state index contributed by atoms with van der Waals surface area (Å²) in [7, 11) is 0. The van der Waals surface area contributed by atoms with E-state index in [-0.39, 0.29) is 12.0 Å². The number of nitrogens with zero attached hydrogens (tertiary/aromatic N) is 1. The Morgan fingerprint density at radius 3 is 2.57 bits per heavy atom. The predicted molar refractivity (Wildman–Crippen MR) is 76.6 cm³/mol. The highest BCUT2D eigenvalue weighted by molar-refractivity contribution is 5.75. The first kappa shape index (κ1) is 17.1. The Balaban J connectivity index is 3.17. The van der Waals surface area contributed by atoms with Crippen LogP contribution < -0.4 is 0 Å². The highest BCUT2D eigenvalue weighted by atomic mass is 19.1. The van der Waals surface area contributed by atoms with Gasteiger partial charge in [0.25, 0.3) is 0 Å². The zero-order valence-electron chi connectivity index (χ0n) is 12.3. The van der Waals surface area contributed by atoms with E-state index in [1.807, 2.05) is 6.92 Å². The number of halogens is 1. The number of nitro benzene ring substituents is 1. The molecule has 0 saturated carbocycles. The first-order chi connectivity index (χ1) is 9.88. The van der Waals surface area contributed by atoms with Gasteiger partial charge in [-0.05, 0) is 24.8 Å². The molecule has 1 atom stereocenters. The van der Waals surface area contributed by atoms with Gasteiger partial charge in [-0.3, -0.25) is 14.9 Å². The molecule has 0 aliphatic heterocycles. The van der Waals surface area contributed by atoms with Crippen LogP contribution in [0.4, 0.5) is 10.1 Å². The molecule has 116 valence electrons. The van der Waals surface area contributed by atoms with E-state index in [1.165, 1.54) is 12.1 Å². The molecule has 0 saturated heterocycles. The predicted octanol–water partition coefficient (Wildman–Crippen LogP) is 3.95. The molecule has 0 aliphatic rings. The molecule has 1 unspecified atom stereocenters. The molecule has 21 heavy (non-hydrogen) atoms. The summed E-state index contributed by atoms with van der Waals surface area (Å²) in [6.45, 7) is 3.70. The largest absolute Gasteiger partial charge is 0.481 e. The van der Waals surface area contributed by atoms with Crippen molar-refractivity contribution in [3.63, 3.8) is 0 Å². The maximum atomic E-state index is 14.1. The lowest BCUT2D eigenvalue weighted by Crippen LogP contribution is -2.33. The van der Waals surface area contributed by atoms with Gasteiger partial charge in [-0.25, -0.2) is 0 Å². The van der Waals surface area contributed by atoms with Crippen LogP contribution in [0.2, 0.25) is 0 Å². The van der Waals surface area contributed by atoms with Crippen LogP contribution >= 0.6 is 0 Å². The molecule has 0 fully saturated rings. The quantitative estimate of drug-likeness (QED) is 0.582. The molecular weight excluding hydrogens is 277 g/mol. The van der Waals surface area contributed by atoms with Gasteiger partial charge in [-0.2, -0.15) is 4.39 Å². The molecule has 1 N–H and O–H groups in total. The molecule has 0 aromatic heterocycles. The monoisotopic (exact) mass is 297 g/mol. The topological polar surface area (TPSA) is 80.4 Å². The van der Waals surface area contributed by atoms with E-state index in [9.17, 15) is 24.4 Å². The highest BCUT2D eigenvalue weighted by Crippen LogP contribution is 2.35. The number of rotatable bonds is 8. The van der Waals surface area contributed by atoms with Crippen LogP contribution in [-0.2, 0) is 11.2 Å². The average molecular weight is 297 g/mol. The van der Waals surface area contributed by atoms with E-state index in [1.54, 1.807) is 6.92 Å². The van der Waals surface area contributed by atoms with Crippen molar-refractivity contribution in [2.75, 3.05) is 0 Å². The zero-order chi connectivity index (χ0) is 16.0. The van der Waals surface area contributed by atoms with E-state index >= 15 is 0 Å². The lowest BCUT2D eigenvalue weighted by molar-refractivity contribution is -0.387. The van der Waals surface area contributed by atoms with Gasteiger partial charge in [0.2, 0.25) is 5.82 Å². The standard InChI is InChI=1S/C15H20FNO4/c1-3-5-9-15(4-2,14(18)19)10-11-7-6-8-12(13(11)16)17(20)21/h6-8H,3-5,9-10H2,1-2H3,(H,18,19). The molecule has 1 aromatic carbocycles. The van der Waals surface area contributed by atoms with Gasteiger partial charge in [0.05, 0.1) is 10.3 Å². The normalized spacial score (nSPS) is 13.7. The second-order valence-electron chi connectivity index (χ2n) is 5.23. The molecule has 0 aliphatic carbocycles. The summed E-state index contributed by atoms with van der Waals surface area (Å²) in [6, 6.07) is 3.89. The minimum Gasteiger partial charge on any atom is -0.481 e. The van der Waals surface area contributed by atoms with Gasteiger partial charge in [-0.15, -0.1) is 0 Å². The minimum atomic E-state index is -1.08. The lowest BCUT2D eigenvalue weighted by atomic mass is 9.75. The molecule has 0 bridgehead atoms. The Hall–Kier alpha value is -1.98. The van der Waals surface area contributed by atoms with Crippen LogP contribution in [-0.4, -0.2) is 16.0 Å². The fourth-order valence-electron chi connectivity index (χ4n) is 2.45. The van der Waals surface area contributed by atoms with Gasteiger partial charge >= 0.3 is 11.7 Å². The minimum absolute atomic E-state index is 0.0354. The summed E-state index contributed by atoms with van der Waals surface area (Å²) in [5, 5.41) is 20.3.